The maximum absolute atomic E-state index is 12.1. The zero-order valence-corrected chi connectivity index (χ0v) is 27.8. The van der Waals surface area contributed by atoms with Gasteiger partial charge in [0.15, 0.2) is 0 Å². The van der Waals surface area contributed by atoms with Crippen LogP contribution in [-0.4, -0.2) is 48.5 Å². The summed E-state index contributed by atoms with van der Waals surface area (Å²) in [4.78, 5) is 7.62. The van der Waals surface area contributed by atoms with Crippen molar-refractivity contribution in [2.45, 2.75) is 9.79 Å². The Hall–Kier alpha value is -0.700. The molecule has 3 aromatic carbocycles. The summed E-state index contributed by atoms with van der Waals surface area (Å²) >= 11 is 0. The van der Waals surface area contributed by atoms with Crippen molar-refractivity contribution in [3.05, 3.63) is 48.5 Å². The van der Waals surface area contributed by atoms with Crippen molar-refractivity contribution in [3.8, 4) is 0 Å². The van der Waals surface area contributed by atoms with Crippen LogP contribution in [0.2, 0.25) is 0 Å². The maximum Gasteiger partial charge on any atom is 1.00 e. The van der Waals surface area contributed by atoms with Gasteiger partial charge in [0, 0.05) is 0 Å². The molecule has 0 aliphatic carbocycles. The molecule has 19 heteroatoms. The standard InChI is InChI=1S/C18H11N4O6S2.3Na.O3S/c23-29(24,25)9-5-6-12-13(7-9)20-15-8-14-16(18(17(15)22-12)30(26,27)28)21-11-4-2-1-3-10(11)19-14;;;;1-4(2)3/h1,3-8,20,22H,(H,23,24,25)(H,26,27,28);;;;/q-1;3*+1;/p-2. The van der Waals surface area contributed by atoms with Crippen LogP contribution in [0.25, 0.3) is 22.1 Å². The van der Waals surface area contributed by atoms with E-state index >= 15 is 0 Å². The Bertz CT molecular complexity index is 1830. The zero-order chi connectivity index (χ0) is 24.8. The van der Waals surface area contributed by atoms with Crippen LogP contribution in [0.15, 0.2) is 52.3 Å². The van der Waals surface area contributed by atoms with Crippen LogP contribution in [0.4, 0.5) is 22.7 Å². The molecule has 1 aliphatic rings. The van der Waals surface area contributed by atoms with Gasteiger partial charge < -0.3 is 24.7 Å². The molecule has 1 aliphatic heterocycles. The third-order valence-corrected chi connectivity index (χ3v) is 6.32. The first-order valence-electron chi connectivity index (χ1n) is 8.86. The van der Waals surface area contributed by atoms with E-state index < -0.39 is 40.6 Å². The fourth-order valence-electron chi connectivity index (χ4n) is 3.31. The van der Waals surface area contributed by atoms with Gasteiger partial charge in [-0.1, -0.05) is 0 Å². The van der Waals surface area contributed by atoms with Crippen molar-refractivity contribution < 1.29 is 127 Å². The summed E-state index contributed by atoms with van der Waals surface area (Å²) in [5, 5.41) is 5.68. The van der Waals surface area contributed by atoms with Crippen LogP contribution in [-0.2, 0) is 30.8 Å². The smallest absolute Gasteiger partial charge is 0.744 e. The fraction of sp³-hybridized carbons (Fsp3) is 0. The van der Waals surface area contributed by atoms with Crippen molar-refractivity contribution in [1.82, 2.24) is 9.97 Å². The van der Waals surface area contributed by atoms with Crippen LogP contribution in [0.1, 0.15) is 0 Å². The number of fused-ring (bicyclic) bond motifs is 4. The zero-order valence-electron chi connectivity index (χ0n) is 19.3. The van der Waals surface area contributed by atoms with Crippen LogP contribution >= 0.6 is 0 Å². The Morgan fingerprint density at radius 2 is 1.41 bits per heavy atom. The minimum absolute atomic E-state index is 0. The quantitative estimate of drug-likeness (QED) is 0.0847. The number of nitrogens with one attached hydrogen (secondary N) is 2. The minimum atomic E-state index is -4.98. The van der Waals surface area contributed by atoms with Crippen molar-refractivity contribution >= 4 is 75.7 Å². The monoisotopic (exact) mass is 590 g/mol. The molecular weight excluding hydrogens is 581 g/mol. The molecule has 1 aromatic heterocycles. The molecule has 0 saturated carbocycles. The van der Waals surface area contributed by atoms with E-state index in [0.717, 1.165) is 12.1 Å². The summed E-state index contributed by atoms with van der Waals surface area (Å²) in [6, 6.07) is 12.6. The number of nitrogens with zero attached hydrogens (tertiary/aromatic N) is 2. The van der Waals surface area contributed by atoms with Gasteiger partial charge in [0.1, 0.15) is 25.1 Å². The predicted octanol–water partition coefficient (Wildman–Crippen LogP) is -7.80. The predicted molar refractivity (Wildman–Crippen MR) is 115 cm³/mol. The van der Waals surface area contributed by atoms with Gasteiger partial charge in [-0.05, 0) is 35.3 Å². The van der Waals surface area contributed by atoms with Gasteiger partial charge in [0.05, 0.1) is 38.7 Å². The maximum atomic E-state index is 12.1. The summed E-state index contributed by atoms with van der Waals surface area (Å²) in [5.41, 5.74) is 1.50. The molecular formula is C18H9N4Na3O9S3. The molecule has 37 heavy (non-hydrogen) atoms. The van der Waals surface area contributed by atoms with E-state index in [1.54, 1.807) is 12.1 Å². The summed E-state index contributed by atoms with van der Waals surface area (Å²) in [6.07, 6.45) is 0. The molecule has 2 heterocycles. The summed E-state index contributed by atoms with van der Waals surface area (Å²) in [7, 11) is -12.8. The second-order valence-corrected chi connectivity index (χ2v) is 9.81. The number of hydrogen-bond donors (Lipinski definition) is 2. The SMILES string of the molecule is O=S(=O)([O-])c1ccc2c(c1)Nc1cc3nc4cc[c-]cc4nc3c(S(=O)(=O)[O-])c1N2.O=S(=O)=O.[Na+].[Na+].[Na+]. The Labute approximate surface area is 278 Å². The van der Waals surface area contributed by atoms with E-state index in [0.29, 0.717) is 11.0 Å². The number of anilines is 4. The molecule has 2 N–H and O–H groups in total. The molecule has 5 rings (SSSR count). The molecule has 0 saturated heterocycles. The molecule has 13 nitrogen and oxygen atoms in total. The Kier molecular flexibility index (Phi) is 12.2. The summed E-state index contributed by atoms with van der Waals surface area (Å²) < 4.78 is 95.6. The first-order valence-corrected chi connectivity index (χ1v) is 12.7. The van der Waals surface area contributed by atoms with Gasteiger partial charge in [-0.2, -0.15) is 12.1 Å². The van der Waals surface area contributed by atoms with Gasteiger partial charge in [-0.3, -0.25) is 4.98 Å². The summed E-state index contributed by atoms with van der Waals surface area (Å²) in [5.74, 6) is 0. The van der Waals surface area contributed by atoms with E-state index in [1.165, 1.54) is 18.2 Å². The molecule has 0 unspecified atom stereocenters. The minimum Gasteiger partial charge on any atom is -0.744 e. The second kappa shape index (κ2) is 13.1. The largest absolute Gasteiger partial charge is 1.00 e. The van der Waals surface area contributed by atoms with Crippen LogP contribution < -0.4 is 99.3 Å². The summed E-state index contributed by atoms with van der Waals surface area (Å²) in [6.45, 7) is 0. The van der Waals surface area contributed by atoms with Crippen LogP contribution in [0.3, 0.4) is 0 Å². The molecule has 0 amide bonds. The normalized spacial score (nSPS) is 11.5. The molecule has 0 fully saturated rings. The molecule has 4 aromatic rings. The molecule has 0 atom stereocenters. The van der Waals surface area contributed by atoms with Crippen molar-refractivity contribution in [2.24, 2.45) is 0 Å². The number of benzene rings is 3. The van der Waals surface area contributed by atoms with Crippen molar-refractivity contribution in [1.29, 1.82) is 0 Å². The molecule has 176 valence electrons. The van der Waals surface area contributed by atoms with Crippen molar-refractivity contribution in [2.75, 3.05) is 10.6 Å². The van der Waals surface area contributed by atoms with Gasteiger partial charge in [0.25, 0.3) is 0 Å². The van der Waals surface area contributed by atoms with Crippen LogP contribution in [0.5, 0.6) is 0 Å². The molecule has 0 radical (unpaired) electrons. The molecule has 0 bridgehead atoms. The third kappa shape index (κ3) is 7.70. The van der Waals surface area contributed by atoms with E-state index in [2.05, 4.69) is 26.7 Å². The second-order valence-electron chi connectivity index (χ2n) is 6.70. The number of rotatable bonds is 2. The Morgan fingerprint density at radius 1 is 0.757 bits per heavy atom. The van der Waals surface area contributed by atoms with Gasteiger partial charge >= 0.3 is 99.3 Å². The average Bonchev–Trinajstić information content (AvgIpc) is 2.72. The van der Waals surface area contributed by atoms with Crippen LogP contribution in [0, 0.1) is 6.07 Å². The van der Waals surface area contributed by atoms with E-state index in [1.807, 2.05) is 0 Å². The fourth-order valence-corrected chi connectivity index (χ4v) is 4.61. The Morgan fingerprint density at radius 3 is 2.00 bits per heavy atom. The topological polar surface area (TPSA) is 215 Å². The van der Waals surface area contributed by atoms with Gasteiger partial charge in [-0.25, -0.2) is 16.8 Å². The van der Waals surface area contributed by atoms with E-state index in [4.69, 9.17) is 12.6 Å². The third-order valence-electron chi connectivity index (χ3n) is 4.59. The first-order chi connectivity index (χ1) is 15.8. The van der Waals surface area contributed by atoms with Gasteiger partial charge in [-0.15, -0.1) is 24.8 Å². The van der Waals surface area contributed by atoms with E-state index in [-0.39, 0.29) is 122 Å². The first kappa shape index (κ1) is 34.3. The van der Waals surface area contributed by atoms with Crippen molar-refractivity contribution in [3.63, 3.8) is 0 Å². The van der Waals surface area contributed by atoms with E-state index in [9.17, 15) is 25.9 Å². The average molecular weight is 590 g/mol. The van der Waals surface area contributed by atoms with Gasteiger partial charge in [0.2, 0.25) is 0 Å². The Balaban J connectivity index is 0.000000915. The number of aromatic nitrogens is 2. The molecule has 0 spiro atoms. The number of hydrogen-bond acceptors (Lipinski definition) is 13.